The molecule has 1 aliphatic rings. The Morgan fingerprint density at radius 2 is 1.79 bits per heavy atom. The van der Waals surface area contributed by atoms with E-state index in [1.165, 1.54) is 5.56 Å². The zero-order valence-electron chi connectivity index (χ0n) is 13.4. The first-order chi connectivity index (χ1) is 11.1. The lowest BCUT2D eigenvalue weighted by molar-refractivity contribution is -0.181. The molecule has 0 amide bonds. The molecule has 1 aliphatic carbocycles. The van der Waals surface area contributed by atoms with Crippen LogP contribution in [0.3, 0.4) is 0 Å². The first kappa shape index (κ1) is 21.9. The molecule has 1 heterocycles. The number of hydrogen-bond acceptors (Lipinski definition) is 3. The summed E-state index contributed by atoms with van der Waals surface area (Å²) in [5, 5.41) is 17.5. The standard InChI is InChI=1S/C8H9Br2N.C7H12BF3O2/c1-2-3-6-4-8(10)11-5-7(6)9;9-7(10,11)5-1-3-6(4-2-5)8(12)13/h4-5H,2-3H2,1H3;5-6,12-13H,1-4H2. The van der Waals surface area contributed by atoms with Gasteiger partial charge in [-0.1, -0.05) is 26.2 Å². The lowest BCUT2D eigenvalue weighted by Crippen LogP contribution is -2.31. The second kappa shape index (κ2) is 10.1. The van der Waals surface area contributed by atoms with E-state index in [1.54, 1.807) is 0 Å². The van der Waals surface area contributed by atoms with Crippen molar-refractivity contribution >= 4 is 39.0 Å². The summed E-state index contributed by atoms with van der Waals surface area (Å²) in [7, 11) is -1.46. The van der Waals surface area contributed by atoms with E-state index in [1.807, 2.05) is 12.3 Å². The van der Waals surface area contributed by atoms with Gasteiger partial charge in [0.2, 0.25) is 0 Å². The molecular formula is C15H21BBr2F3NO2. The highest BCUT2D eigenvalue weighted by atomic mass is 79.9. The van der Waals surface area contributed by atoms with Gasteiger partial charge in [0.05, 0.1) is 5.92 Å². The van der Waals surface area contributed by atoms with Crippen LogP contribution in [-0.4, -0.2) is 28.3 Å². The van der Waals surface area contributed by atoms with Gasteiger partial charge in [0.25, 0.3) is 0 Å². The molecule has 1 aromatic heterocycles. The van der Waals surface area contributed by atoms with E-state index in [-0.39, 0.29) is 31.5 Å². The first-order valence-electron chi connectivity index (χ1n) is 7.87. The minimum Gasteiger partial charge on any atom is -0.427 e. The number of rotatable bonds is 3. The second-order valence-electron chi connectivity index (χ2n) is 5.92. The molecule has 2 rings (SSSR count). The highest BCUT2D eigenvalue weighted by Gasteiger charge is 2.42. The van der Waals surface area contributed by atoms with Crippen LogP contribution in [0.15, 0.2) is 21.3 Å². The summed E-state index contributed by atoms with van der Waals surface area (Å²) in [6.07, 6.45) is 0.512. The van der Waals surface area contributed by atoms with Crippen molar-refractivity contribution in [3.8, 4) is 0 Å². The molecule has 1 fully saturated rings. The first-order valence-corrected chi connectivity index (χ1v) is 9.46. The Morgan fingerprint density at radius 1 is 1.21 bits per heavy atom. The topological polar surface area (TPSA) is 53.4 Å². The van der Waals surface area contributed by atoms with Crippen LogP contribution >= 0.6 is 31.9 Å². The summed E-state index contributed by atoms with van der Waals surface area (Å²) in [6, 6.07) is 2.05. The van der Waals surface area contributed by atoms with Gasteiger partial charge in [-0.2, -0.15) is 13.2 Å². The molecule has 0 saturated heterocycles. The molecule has 0 spiro atoms. The van der Waals surface area contributed by atoms with Crippen LogP contribution in [0.5, 0.6) is 0 Å². The Balaban J connectivity index is 0.000000243. The smallest absolute Gasteiger partial charge is 0.427 e. The minimum absolute atomic E-state index is 0.0196. The lowest BCUT2D eigenvalue weighted by atomic mass is 9.63. The van der Waals surface area contributed by atoms with Crippen molar-refractivity contribution in [3.63, 3.8) is 0 Å². The number of halogens is 5. The van der Waals surface area contributed by atoms with E-state index in [0.717, 1.165) is 21.9 Å². The molecule has 0 unspecified atom stereocenters. The summed E-state index contributed by atoms with van der Waals surface area (Å²) in [5.41, 5.74) is 1.31. The average molecular weight is 475 g/mol. The predicted molar refractivity (Wildman–Crippen MR) is 95.6 cm³/mol. The van der Waals surface area contributed by atoms with Crippen molar-refractivity contribution in [3.05, 3.63) is 26.9 Å². The van der Waals surface area contributed by atoms with Crippen LogP contribution in [0.4, 0.5) is 13.2 Å². The van der Waals surface area contributed by atoms with Gasteiger partial charge in [0.15, 0.2) is 0 Å². The maximum absolute atomic E-state index is 12.1. The van der Waals surface area contributed by atoms with Crippen LogP contribution in [0, 0.1) is 5.92 Å². The van der Waals surface area contributed by atoms with Gasteiger partial charge in [-0.15, -0.1) is 0 Å². The van der Waals surface area contributed by atoms with Gasteiger partial charge in [0.1, 0.15) is 4.60 Å². The van der Waals surface area contributed by atoms with Crippen molar-refractivity contribution in [1.82, 2.24) is 4.98 Å². The minimum atomic E-state index is -4.12. The maximum atomic E-state index is 12.1. The molecule has 0 aromatic carbocycles. The summed E-state index contributed by atoms with van der Waals surface area (Å²) >= 11 is 6.78. The third-order valence-electron chi connectivity index (χ3n) is 4.08. The molecule has 0 radical (unpaired) electrons. The van der Waals surface area contributed by atoms with E-state index in [0.29, 0.717) is 0 Å². The molecule has 24 heavy (non-hydrogen) atoms. The Labute approximate surface area is 157 Å². The van der Waals surface area contributed by atoms with Gasteiger partial charge in [-0.3, -0.25) is 0 Å². The van der Waals surface area contributed by atoms with Crippen LogP contribution in [-0.2, 0) is 6.42 Å². The summed E-state index contributed by atoms with van der Waals surface area (Å²) < 4.78 is 38.4. The van der Waals surface area contributed by atoms with Crippen molar-refractivity contribution in [2.75, 3.05) is 0 Å². The lowest BCUT2D eigenvalue weighted by Gasteiger charge is -2.29. The Hall–Kier alpha value is -0.115. The average Bonchev–Trinajstić information content (AvgIpc) is 2.51. The number of hydrogen-bond donors (Lipinski definition) is 2. The summed E-state index contributed by atoms with van der Waals surface area (Å²) in [5.74, 6) is -1.62. The largest absolute Gasteiger partial charge is 0.454 e. The fourth-order valence-corrected chi connectivity index (χ4v) is 3.45. The third kappa shape index (κ3) is 7.41. The van der Waals surface area contributed by atoms with Crippen molar-refractivity contribution in [2.45, 2.75) is 57.4 Å². The van der Waals surface area contributed by atoms with Gasteiger partial charge < -0.3 is 10.0 Å². The van der Waals surface area contributed by atoms with E-state index in [4.69, 9.17) is 10.0 Å². The van der Waals surface area contributed by atoms with Gasteiger partial charge in [-0.25, -0.2) is 4.98 Å². The Kier molecular flexibility index (Phi) is 9.26. The van der Waals surface area contributed by atoms with Crippen LogP contribution in [0.25, 0.3) is 0 Å². The zero-order valence-corrected chi connectivity index (χ0v) is 16.5. The van der Waals surface area contributed by atoms with Crippen molar-refractivity contribution in [2.24, 2.45) is 5.92 Å². The predicted octanol–water partition coefficient (Wildman–Crippen LogP) is 5.14. The molecular weight excluding hydrogens is 454 g/mol. The Morgan fingerprint density at radius 3 is 2.25 bits per heavy atom. The van der Waals surface area contributed by atoms with Crippen LogP contribution in [0.1, 0.15) is 44.6 Å². The molecule has 0 aliphatic heterocycles. The molecule has 1 saturated carbocycles. The summed E-state index contributed by atoms with van der Waals surface area (Å²) in [6.45, 7) is 2.17. The Bertz CT molecular complexity index is 510. The maximum Gasteiger partial charge on any atom is 0.454 e. The van der Waals surface area contributed by atoms with Gasteiger partial charge >= 0.3 is 13.3 Å². The van der Waals surface area contributed by atoms with E-state index < -0.39 is 19.2 Å². The fourth-order valence-electron chi connectivity index (χ4n) is 2.66. The molecule has 0 bridgehead atoms. The number of aryl methyl sites for hydroxylation is 1. The number of pyridine rings is 1. The monoisotopic (exact) mass is 473 g/mol. The SMILES string of the molecule is CCCc1cc(Br)ncc1Br.OB(O)C1CCC(C(F)(F)F)CC1. The van der Waals surface area contributed by atoms with Gasteiger partial charge in [-0.05, 0) is 68.6 Å². The number of nitrogens with zero attached hydrogens (tertiary/aromatic N) is 1. The van der Waals surface area contributed by atoms with Gasteiger partial charge in [0, 0.05) is 10.7 Å². The molecule has 136 valence electrons. The van der Waals surface area contributed by atoms with Crippen LogP contribution in [0.2, 0.25) is 5.82 Å². The second-order valence-corrected chi connectivity index (χ2v) is 7.58. The fraction of sp³-hybridized carbons (Fsp3) is 0.667. The molecule has 9 heteroatoms. The van der Waals surface area contributed by atoms with E-state index in [2.05, 4.69) is 43.8 Å². The molecule has 0 atom stereocenters. The van der Waals surface area contributed by atoms with Crippen molar-refractivity contribution < 1.29 is 23.2 Å². The molecule has 3 nitrogen and oxygen atoms in total. The summed E-state index contributed by atoms with van der Waals surface area (Å²) in [4.78, 5) is 4.09. The highest BCUT2D eigenvalue weighted by molar-refractivity contribution is 9.11. The van der Waals surface area contributed by atoms with E-state index in [9.17, 15) is 13.2 Å². The van der Waals surface area contributed by atoms with Crippen LogP contribution < -0.4 is 0 Å². The van der Waals surface area contributed by atoms with Crippen molar-refractivity contribution in [1.29, 1.82) is 0 Å². The number of alkyl halides is 3. The normalized spacial score (nSPS) is 21.0. The molecule has 2 N–H and O–H groups in total. The quantitative estimate of drug-likeness (QED) is 0.471. The highest BCUT2D eigenvalue weighted by Crippen LogP contribution is 2.41. The third-order valence-corrected chi connectivity index (χ3v) is 5.22. The number of aromatic nitrogens is 1. The molecule has 1 aromatic rings. The zero-order chi connectivity index (χ0) is 18.3. The van der Waals surface area contributed by atoms with E-state index >= 15 is 0 Å².